The number of halogens is 1. The fraction of sp³-hybridized carbons (Fsp3) is 0.795. The van der Waals surface area contributed by atoms with Gasteiger partial charge in [0.05, 0.1) is 43.1 Å². The molecule has 0 saturated carbocycles. The van der Waals surface area contributed by atoms with E-state index >= 15 is 0 Å². The molecule has 3 aliphatic heterocycles. The molecule has 15 atom stereocenters. The van der Waals surface area contributed by atoms with Gasteiger partial charge in [-0.3, -0.25) is 9.59 Å². The van der Waals surface area contributed by atoms with Crippen LogP contribution in [-0.2, 0) is 33.3 Å². The van der Waals surface area contributed by atoms with Gasteiger partial charge in [0.15, 0.2) is 12.6 Å². The predicted octanol–water partition coefficient (Wildman–Crippen LogP) is 6.54. The summed E-state index contributed by atoms with van der Waals surface area (Å²) in [4.78, 5) is 24.3. The highest BCUT2D eigenvalue weighted by atomic mass is 79.9. The Hall–Kier alpha value is -1.76. The van der Waals surface area contributed by atoms with E-state index in [1.54, 1.807) is 0 Å². The number of nitrogens with one attached hydrogen (secondary N) is 3. The summed E-state index contributed by atoms with van der Waals surface area (Å²) in [7, 11) is 0. The van der Waals surface area contributed by atoms with Gasteiger partial charge in [0.1, 0.15) is 6.23 Å². The smallest absolute Gasteiger partial charge is 0.241 e. The minimum absolute atomic E-state index is 0.0154. The van der Waals surface area contributed by atoms with Crippen LogP contribution in [0, 0.1) is 63.2 Å². The third kappa shape index (κ3) is 9.05. The average Bonchev–Trinajstić information content (AvgIpc) is 3.06. The van der Waals surface area contributed by atoms with E-state index < -0.39 is 12.5 Å². The summed E-state index contributed by atoms with van der Waals surface area (Å²) in [5.74, 6) is 0.316. The van der Waals surface area contributed by atoms with Crippen molar-refractivity contribution in [1.82, 2.24) is 10.6 Å². The number of anilines is 1. The molecule has 0 spiro atoms. The maximum Gasteiger partial charge on any atom is 0.241 e. The van der Waals surface area contributed by atoms with Crippen molar-refractivity contribution in [1.29, 1.82) is 0 Å². The molecule has 3 saturated heterocycles. The highest BCUT2D eigenvalue weighted by Crippen LogP contribution is 2.41. The molecular formula is C39H64BrN3O7. The van der Waals surface area contributed by atoms with Crippen LogP contribution in [0.25, 0.3) is 0 Å². The Bertz CT molecular complexity index is 1330. The van der Waals surface area contributed by atoms with Gasteiger partial charge in [-0.2, -0.15) is 0 Å². The van der Waals surface area contributed by atoms with Gasteiger partial charge < -0.3 is 39.6 Å². The van der Waals surface area contributed by atoms with Gasteiger partial charge in [-0.15, -0.1) is 0 Å². The second-order valence-corrected chi connectivity index (χ2v) is 16.4. The van der Waals surface area contributed by atoms with Gasteiger partial charge in [-0.25, -0.2) is 0 Å². The van der Waals surface area contributed by atoms with Crippen molar-refractivity contribution in [3.8, 4) is 0 Å². The molecule has 50 heavy (non-hydrogen) atoms. The van der Waals surface area contributed by atoms with Crippen LogP contribution in [0.4, 0.5) is 5.69 Å². The van der Waals surface area contributed by atoms with E-state index in [9.17, 15) is 9.59 Å². The lowest BCUT2D eigenvalue weighted by Crippen LogP contribution is -2.59. The molecule has 1 aromatic carbocycles. The van der Waals surface area contributed by atoms with Crippen LogP contribution in [0.15, 0.2) is 6.07 Å². The zero-order chi connectivity index (χ0) is 37.2. The molecule has 3 N–H and O–H groups in total. The number of hydrogen-bond donors (Lipinski definition) is 3. The van der Waals surface area contributed by atoms with Crippen LogP contribution in [0.2, 0.25) is 0 Å². The van der Waals surface area contributed by atoms with Crippen LogP contribution < -0.4 is 16.0 Å². The first-order valence-electron chi connectivity index (χ1n) is 18.7. The molecule has 0 aliphatic carbocycles. The number of amides is 2. The molecule has 4 rings (SSSR count). The number of aryl methyl sites for hydroxylation is 1. The summed E-state index contributed by atoms with van der Waals surface area (Å²) in [5, 5.41) is 9.98. The van der Waals surface area contributed by atoms with Gasteiger partial charge >= 0.3 is 0 Å². The molecule has 0 bridgehead atoms. The Morgan fingerprint density at radius 2 is 1.22 bits per heavy atom. The second kappa shape index (κ2) is 17.4. The Labute approximate surface area is 309 Å². The molecule has 15 unspecified atom stereocenters. The quantitative estimate of drug-likeness (QED) is 0.218. The lowest BCUT2D eigenvalue weighted by Gasteiger charge is -2.50. The Balaban J connectivity index is 1.34. The van der Waals surface area contributed by atoms with Gasteiger partial charge in [-0.05, 0) is 94.5 Å². The van der Waals surface area contributed by atoms with E-state index in [0.29, 0.717) is 17.7 Å². The molecule has 11 heteroatoms. The van der Waals surface area contributed by atoms with Gasteiger partial charge in [-0.1, -0.05) is 57.5 Å². The first kappa shape index (κ1) is 41.0. The van der Waals surface area contributed by atoms with Crippen molar-refractivity contribution >= 4 is 33.4 Å². The van der Waals surface area contributed by atoms with Crippen LogP contribution in [0.3, 0.4) is 0 Å². The molecule has 1 aromatic rings. The normalized spacial score (nSPS) is 39.1. The van der Waals surface area contributed by atoms with E-state index in [1.165, 1.54) is 27.9 Å². The average molecular weight is 767 g/mol. The fourth-order valence-electron chi connectivity index (χ4n) is 7.85. The van der Waals surface area contributed by atoms with Crippen LogP contribution in [-0.4, -0.2) is 79.1 Å². The van der Waals surface area contributed by atoms with Crippen LogP contribution in [0.1, 0.15) is 91.0 Å². The molecule has 10 nitrogen and oxygen atoms in total. The highest BCUT2D eigenvalue weighted by molar-refractivity contribution is 9.09. The molecule has 3 heterocycles. The number of hydrogen-bond acceptors (Lipinski definition) is 8. The second-order valence-electron chi connectivity index (χ2n) is 15.6. The molecule has 284 valence electrons. The number of ether oxygens (including phenoxy) is 5. The predicted molar refractivity (Wildman–Crippen MR) is 200 cm³/mol. The van der Waals surface area contributed by atoms with Crippen molar-refractivity contribution in [3.63, 3.8) is 0 Å². The molecule has 3 aliphatic rings. The van der Waals surface area contributed by atoms with Crippen LogP contribution >= 0.6 is 15.9 Å². The number of alkyl halides is 1. The summed E-state index contributed by atoms with van der Waals surface area (Å²) in [5.41, 5.74) is 6.45. The lowest BCUT2D eigenvalue weighted by atomic mass is 9.81. The standard InChI is InChI=1S/C39H64BrN3O7/c1-18-16-31(21(4)20(3)19(18)2)42-34-22(5)26(9)38(47-28(34)11)50-36-24(7)27(10)39(48-30(36)13)49-35-23(6)25(8)37(46-29(35)12)43-33(45)17-41-32(44)14-15-40/h16,22-30,34-39,42H,14-15,17H2,1-13H3,(H,41,44)(H,43,45). The summed E-state index contributed by atoms with van der Waals surface area (Å²) in [6.45, 7) is 28.0. The highest BCUT2D eigenvalue weighted by Gasteiger charge is 2.49. The van der Waals surface area contributed by atoms with E-state index in [0.717, 1.165) is 0 Å². The SMILES string of the molecule is Cc1cc(NC2C(C)OC(OC3C(C)OC(OC4C(C)OC(NC(=O)CNC(=O)CCBr)C(C)C4C)C(C)C3C)C(C)C2C)c(C)c(C)c1C. The zero-order valence-electron chi connectivity index (χ0n) is 32.6. The Morgan fingerprint density at radius 1 is 0.680 bits per heavy atom. The Morgan fingerprint density at radius 3 is 1.82 bits per heavy atom. The van der Waals surface area contributed by atoms with E-state index in [2.05, 4.69) is 121 Å². The fourth-order valence-corrected chi connectivity index (χ4v) is 8.21. The third-order valence-corrected chi connectivity index (χ3v) is 12.8. The molecule has 2 amide bonds. The largest absolute Gasteiger partial charge is 0.379 e. The minimum Gasteiger partial charge on any atom is -0.379 e. The van der Waals surface area contributed by atoms with E-state index in [1.807, 2.05) is 6.92 Å². The molecule has 0 radical (unpaired) electrons. The van der Waals surface area contributed by atoms with Crippen molar-refractivity contribution < 1.29 is 33.3 Å². The summed E-state index contributed by atoms with van der Waals surface area (Å²) in [6.07, 6.45) is -1.84. The maximum absolute atomic E-state index is 12.6. The molecular weight excluding hydrogens is 702 g/mol. The van der Waals surface area contributed by atoms with Gasteiger partial charge in [0.2, 0.25) is 11.8 Å². The number of benzene rings is 1. The summed E-state index contributed by atoms with van der Waals surface area (Å²) < 4.78 is 33.0. The van der Waals surface area contributed by atoms with E-state index in [4.69, 9.17) is 23.7 Å². The van der Waals surface area contributed by atoms with Gasteiger partial charge in [0.25, 0.3) is 0 Å². The Kier molecular flexibility index (Phi) is 14.3. The molecule has 0 aromatic heterocycles. The van der Waals surface area contributed by atoms with Crippen molar-refractivity contribution in [3.05, 3.63) is 28.3 Å². The zero-order valence-corrected chi connectivity index (χ0v) is 34.2. The minimum atomic E-state index is -0.480. The van der Waals surface area contributed by atoms with Crippen molar-refractivity contribution in [2.45, 2.75) is 152 Å². The summed E-state index contributed by atoms with van der Waals surface area (Å²) >= 11 is 3.24. The monoisotopic (exact) mass is 765 g/mol. The maximum atomic E-state index is 12.6. The van der Waals surface area contributed by atoms with Crippen molar-refractivity contribution in [2.75, 3.05) is 17.2 Å². The third-order valence-electron chi connectivity index (χ3n) is 12.4. The molecule has 3 fully saturated rings. The topological polar surface area (TPSA) is 116 Å². The first-order chi connectivity index (χ1) is 23.5. The summed E-state index contributed by atoms with van der Waals surface area (Å²) in [6, 6.07) is 2.42. The number of rotatable bonds is 11. The van der Waals surface area contributed by atoms with E-state index in [-0.39, 0.29) is 90.8 Å². The first-order valence-corrected chi connectivity index (χ1v) is 19.8. The van der Waals surface area contributed by atoms with Crippen molar-refractivity contribution in [2.24, 2.45) is 35.5 Å². The van der Waals surface area contributed by atoms with Crippen LogP contribution in [0.5, 0.6) is 0 Å². The van der Waals surface area contributed by atoms with Gasteiger partial charge in [0, 0.05) is 35.2 Å². The number of carbonyl (C=O) groups is 2. The lowest BCUT2D eigenvalue weighted by molar-refractivity contribution is -0.333. The number of carbonyl (C=O) groups excluding carboxylic acids is 2.